The predicted molar refractivity (Wildman–Crippen MR) is 54.8 cm³/mol. The van der Waals surface area contributed by atoms with Crippen molar-refractivity contribution < 1.29 is 9.90 Å². The number of aliphatic hydroxyl groups excluding tert-OH is 1. The molecule has 0 saturated carbocycles. The number of hydrogen-bond acceptors (Lipinski definition) is 2. The van der Waals surface area contributed by atoms with E-state index in [4.69, 9.17) is 5.11 Å². The molecule has 0 aromatic heterocycles. The number of nitrogens with one attached hydrogen (secondary N) is 1. The van der Waals surface area contributed by atoms with Crippen LogP contribution in [0.1, 0.15) is 12.5 Å². The van der Waals surface area contributed by atoms with Gasteiger partial charge in [0.1, 0.15) is 0 Å². The third-order valence-corrected chi connectivity index (χ3v) is 1.80. The molecule has 1 unspecified atom stereocenters. The highest BCUT2D eigenvalue weighted by molar-refractivity contribution is 5.78. The quantitative estimate of drug-likeness (QED) is 0.740. The molecular weight excluding hydrogens is 178 g/mol. The third-order valence-electron chi connectivity index (χ3n) is 1.80. The summed E-state index contributed by atoms with van der Waals surface area (Å²) in [5.74, 6) is -0.0582. The molecule has 0 spiro atoms. The fourth-order valence-electron chi connectivity index (χ4n) is 1.11. The van der Waals surface area contributed by atoms with Crippen LogP contribution in [0.3, 0.4) is 0 Å². The zero-order chi connectivity index (χ0) is 10.4. The van der Waals surface area contributed by atoms with Crippen LogP contribution in [0.5, 0.6) is 0 Å². The predicted octanol–water partition coefficient (Wildman–Crippen LogP) is 0.726. The molecule has 0 heterocycles. The van der Waals surface area contributed by atoms with E-state index >= 15 is 0 Å². The van der Waals surface area contributed by atoms with E-state index in [0.29, 0.717) is 13.0 Å². The lowest BCUT2D eigenvalue weighted by molar-refractivity contribution is -0.120. The van der Waals surface area contributed by atoms with Crippen LogP contribution in [-0.4, -0.2) is 23.7 Å². The van der Waals surface area contributed by atoms with Crippen LogP contribution in [0.15, 0.2) is 30.3 Å². The van der Waals surface area contributed by atoms with Crippen molar-refractivity contribution in [3.8, 4) is 0 Å². The Kier molecular flexibility index (Phi) is 4.13. The van der Waals surface area contributed by atoms with Gasteiger partial charge in [-0.1, -0.05) is 30.3 Å². The van der Waals surface area contributed by atoms with Crippen molar-refractivity contribution in [2.75, 3.05) is 6.54 Å². The number of aliphatic hydroxyl groups is 1. The Morgan fingerprint density at radius 3 is 2.64 bits per heavy atom. The third kappa shape index (κ3) is 4.05. The SMILES string of the molecule is CC(O)CNC(=O)Cc1ccccc1. The fourth-order valence-corrected chi connectivity index (χ4v) is 1.11. The number of hydrogen-bond donors (Lipinski definition) is 2. The van der Waals surface area contributed by atoms with Gasteiger partial charge in [-0.25, -0.2) is 0 Å². The molecule has 0 bridgehead atoms. The fraction of sp³-hybridized carbons (Fsp3) is 0.364. The largest absolute Gasteiger partial charge is 0.392 e. The first kappa shape index (κ1) is 10.7. The highest BCUT2D eigenvalue weighted by Gasteiger charge is 2.03. The summed E-state index contributed by atoms with van der Waals surface area (Å²) in [5.41, 5.74) is 0.982. The van der Waals surface area contributed by atoms with Crippen LogP contribution in [0.2, 0.25) is 0 Å². The first-order valence-electron chi connectivity index (χ1n) is 4.67. The summed E-state index contributed by atoms with van der Waals surface area (Å²) in [5, 5.41) is 11.6. The lowest BCUT2D eigenvalue weighted by Gasteiger charge is -2.06. The molecule has 3 nitrogen and oxygen atoms in total. The number of rotatable bonds is 4. The maximum atomic E-state index is 11.3. The van der Waals surface area contributed by atoms with Crippen molar-refractivity contribution in [2.45, 2.75) is 19.4 Å². The molecule has 0 aliphatic carbocycles. The molecule has 3 heteroatoms. The van der Waals surface area contributed by atoms with Crippen molar-refractivity contribution in [3.63, 3.8) is 0 Å². The Morgan fingerprint density at radius 2 is 2.07 bits per heavy atom. The average molecular weight is 193 g/mol. The maximum Gasteiger partial charge on any atom is 0.224 e. The Labute approximate surface area is 83.8 Å². The minimum Gasteiger partial charge on any atom is -0.392 e. The maximum absolute atomic E-state index is 11.3. The van der Waals surface area contributed by atoms with E-state index in [1.165, 1.54) is 0 Å². The molecule has 1 amide bonds. The van der Waals surface area contributed by atoms with E-state index < -0.39 is 6.10 Å². The summed E-state index contributed by atoms with van der Waals surface area (Å²) >= 11 is 0. The Balaban J connectivity index is 2.35. The number of amides is 1. The van der Waals surface area contributed by atoms with Crippen LogP contribution in [0.4, 0.5) is 0 Å². The zero-order valence-electron chi connectivity index (χ0n) is 8.23. The number of carbonyl (C=O) groups excluding carboxylic acids is 1. The van der Waals surface area contributed by atoms with Crippen molar-refractivity contribution >= 4 is 5.91 Å². The number of benzene rings is 1. The van der Waals surface area contributed by atoms with Gasteiger partial charge in [-0.3, -0.25) is 4.79 Å². The standard InChI is InChI=1S/C11H15NO2/c1-9(13)8-12-11(14)7-10-5-3-2-4-6-10/h2-6,9,13H,7-8H2,1H3,(H,12,14). The van der Waals surface area contributed by atoms with Crippen molar-refractivity contribution in [1.29, 1.82) is 0 Å². The second-order valence-corrected chi connectivity index (χ2v) is 3.32. The second kappa shape index (κ2) is 5.40. The van der Waals surface area contributed by atoms with E-state index in [0.717, 1.165) is 5.56 Å². The van der Waals surface area contributed by atoms with Gasteiger partial charge < -0.3 is 10.4 Å². The van der Waals surface area contributed by atoms with Gasteiger partial charge >= 0.3 is 0 Å². The molecule has 76 valence electrons. The molecule has 0 aliphatic rings. The summed E-state index contributed by atoms with van der Waals surface area (Å²) in [7, 11) is 0. The molecule has 0 aliphatic heterocycles. The molecule has 1 aromatic carbocycles. The van der Waals surface area contributed by atoms with Gasteiger partial charge in [0.25, 0.3) is 0 Å². The van der Waals surface area contributed by atoms with E-state index in [-0.39, 0.29) is 5.91 Å². The highest BCUT2D eigenvalue weighted by Crippen LogP contribution is 1.98. The first-order valence-corrected chi connectivity index (χ1v) is 4.67. The minimum atomic E-state index is -0.491. The summed E-state index contributed by atoms with van der Waals surface area (Å²) in [6.07, 6.45) is -0.122. The summed E-state index contributed by atoms with van der Waals surface area (Å²) < 4.78 is 0. The lowest BCUT2D eigenvalue weighted by Crippen LogP contribution is -2.31. The molecule has 0 fully saturated rings. The molecule has 0 saturated heterocycles. The normalized spacial score (nSPS) is 12.1. The van der Waals surface area contributed by atoms with Crippen LogP contribution in [-0.2, 0) is 11.2 Å². The summed E-state index contributed by atoms with van der Waals surface area (Å²) in [6, 6.07) is 9.52. The minimum absolute atomic E-state index is 0.0582. The lowest BCUT2D eigenvalue weighted by atomic mass is 10.1. The second-order valence-electron chi connectivity index (χ2n) is 3.32. The smallest absolute Gasteiger partial charge is 0.224 e. The summed E-state index contributed by atoms with van der Waals surface area (Å²) in [4.78, 5) is 11.3. The van der Waals surface area contributed by atoms with Crippen LogP contribution >= 0.6 is 0 Å². The van der Waals surface area contributed by atoms with Gasteiger partial charge in [-0.05, 0) is 12.5 Å². The van der Waals surface area contributed by atoms with Gasteiger partial charge in [-0.15, -0.1) is 0 Å². The van der Waals surface area contributed by atoms with Crippen molar-refractivity contribution in [1.82, 2.24) is 5.32 Å². The highest BCUT2D eigenvalue weighted by atomic mass is 16.3. The molecule has 14 heavy (non-hydrogen) atoms. The van der Waals surface area contributed by atoms with E-state index in [1.807, 2.05) is 30.3 Å². The van der Waals surface area contributed by atoms with Crippen LogP contribution < -0.4 is 5.32 Å². The topological polar surface area (TPSA) is 49.3 Å². The Bertz CT molecular complexity index is 283. The van der Waals surface area contributed by atoms with Gasteiger partial charge in [0.05, 0.1) is 12.5 Å². The molecule has 1 aromatic rings. The van der Waals surface area contributed by atoms with E-state index in [9.17, 15) is 4.79 Å². The first-order chi connectivity index (χ1) is 6.68. The van der Waals surface area contributed by atoms with Crippen LogP contribution in [0, 0.1) is 0 Å². The molecule has 2 N–H and O–H groups in total. The average Bonchev–Trinajstić information content (AvgIpc) is 2.16. The van der Waals surface area contributed by atoms with Crippen molar-refractivity contribution in [3.05, 3.63) is 35.9 Å². The number of carbonyl (C=O) groups is 1. The summed E-state index contributed by atoms with van der Waals surface area (Å²) in [6.45, 7) is 1.95. The molecule has 1 rings (SSSR count). The Hall–Kier alpha value is -1.35. The molecule has 1 atom stereocenters. The van der Waals surface area contributed by atoms with Gasteiger partial charge in [-0.2, -0.15) is 0 Å². The molecular formula is C11H15NO2. The monoisotopic (exact) mass is 193 g/mol. The van der Waals surface area contributed by atoms with Gasteiger partial charge in [0.2, 0.25) is 5.91 Å². The van der Waals surface area contributed by atoms with Gasteiger partial charge in [0.15, 0.2) is 0 Å². The zero-order valence-corrected chi connectivity index (χ0v) is 8.23. The van der Waals surface area contributed by atoms with E-state index in [2.05, 4.69) is 5.32 Å². The van der Waals surface area contributed by atoms with E-state index in [1.54, 1.807) is 6.92 Å². The Morgan fingerprint density at radius 1 is 1.43 bits per heavy atom. The van der Waals surface area contributed by atoms with Crippen molar-refractivity contribution in [2.24, 2.45) is 0 Å². The van der Waals surface area contributed by atoms with Crippen LogP contribution in [0.25, 0.3) is 0 Å². The molecule has 0 radical (unpaired) electrons. The van der Waals surface area contributed by atoms with Gasteiger partial charge in [0, 0.05) is 6.54 Å².